The minimum absolute atomic E-state index is 0.0530. The minimum atomic E-state index is -0.416. The van der Waals surface area contributed by atoms with Crippen LogP contribution in [0.3, 0.4) is 0 Å². The van der Waals surface area contributed by atoms with Gasteiger partial charge in [-0.1, -0.05) is 36.0 Å². The molecule has 1 heterocycles. The fraction of sp³-hybridized carbons (Fsp3) is 0.192. The number of methoxy groups -OCH3 is 1. The molecule has 10 heteroatoms. The Hall–Kier alpha value is -4.18. The van der Waals surface area contributed by atoms with Gasteiger partial charge in [0.05, 0.1) is 24.3 Å². The van der Waals surface area contributed by atoms with Crippen LogP contribution in [0.2, 0.25) is 0 Å². The molecule has 0 saturated heterocycles. The molecule has 1 aromatic heterocycles. The minimum Gasteiger partial charge on any atom is -0.497 e. The molecule has 4 aromatic rings. The van der Waals surface area contributed by atoms with Crippen LogP contribution in [0.15, 0.2) is 71.9 Å². The van der Waals surface area contributed by atoms with Gasteiger partial charge < -0.3 is 10.1 Å². The quantitative estimate of drug-likeness (QED) is 0.194. The number of aromatic nitrogens is 3. The summed E-state index contributed by atoms with van der Waals surface area (Å²) in [6.07, 6.45) is 0. The van der Waals surface area contributed by atoms with E-state index in [1.807, 2.05) is 36.6 Å². The second kappa shape index (κ2) is 11.0. The maximum absolute atomic E-state index is 12.7. The van der Waals surface area contributed by atoms with Crippen LogP contribution < -0.4 is 10.1 Å². The number of ether oxygens (including phenoxy) is 1. The number of rotatable bonds is 9. The molecule has 1 amide bonds. The summed E-state index contributed by atoms with van der Waals surface area (Å²) in [6, 6.07) is 19.3. The number of carbonyl (C=O) groups is 1. The van der Waals surface area contributed by atoms with E-state index in [1.165, 1.54) is 23.9 Å². The lowest BCUT2D eigenvalue weighted by Gasteiger charge is -2.15. The van der Waals surface area contributed by atoms with Crippen LogP contribution in [0.4, 0.5) is 5.69 Å². The maximum atomic E-state index is 12.7. The third-order valence-corrected chi connectivity index (χ3v) is 6.79. The highest BCUT2D eigenvalue weighted by atomic mass is 32.2. The number of nitro benzene ring substituents is 1. The fourth-order valence-corrected chi connectivity index (χ4v) is 4.51. The fourth-order valence-electron chi connectivity index (χ4n) is 3.59. The summed E-state index contributed by atoms with van der Waals surface area (Å²) in [5.74, 6) is 1.60. The molecule has 3 aromatic carbocycles. The van der Waals surface area contributed by atoms with Crippen LogP contribution in [0.25, 0.3) is 5.69 Å². The molecule has 0 aliphatic heterocycles. The van der Waals surface area contributed by atoms with E-state index in [2.05, 4.69) is 15.5 Å². The van der Waals surface area contributed by atoms with Crippen LogP contribution >= 0.6 is 11.8 Å². The zero-order valence-electron chi connectivity index (χ0n) is 20.1. The number of aryl methyl sites for hydroxylation is 1. The molecule has 0 aliphatic carbocycles. The summed E-state index contributed by atoms with van der Waals surface area (Å²) in [5, 5.41) is 23.3. The topological polar surface area (TPSA) is 112 Å². The van der Waals surface area contributed by atoms with Gasteiger partial charge in [0.1, 0.15) is 5.75 Å². The van der Waals surface area contributed by atoms with Gasteiger partial charge in [0, 0.05) is 23.4 Å². The number of amides is 1. The zero-order chi connectivity index (χ0) is 25.7. The van der Waals surface area contributed by atoms with Crippen molar-refractivity contribution < 1.29 is 14.5 Å². The van der Waals surface area contributed by atoms with Gasteiger partial charge in [0.15, 0.2) is 11.0 Å². The Kier molecular flexibility index (Phi) is 7.65. The van der Waals surface area contributed by atoms with Gasteiger partial charge in [0.2, 0.25) is 0 Å². The first-order chi connectivity index (χ1) is 17.4. The number of benzene rings is 3. The van der Waals surface area contributed by atoms with Crippen LogP contribution in [0, 0.1) is 24.0 Å². The molecule has 4 rings (SSSR count). The first-order valence-corrected chi connectivity index (χ1v) is 12.1. The maximum Gasteiger partial charge on any atom is 0.269 e. The molecule has 0 saturated carbocycles. The Balaban J connectivity index is 1.57. The van der Waals surface area contributed by atoms with E-state index < -0.39 is 4.92 Å². The van der Waals surface area contributed by atoms with Gasteiger partial charge in [-0.25, -0.2) is 0 Å². The van der Waals surface area contributed by atoms with Gasteiger partial charge >= 0.3 is 0 Å². The number of nitrogens with zero attached hydrogens (tertiary/aromatic N) is 4. The Morgan fingerprint density at radius 3 is 2.44 bits per heavy atom. The molecule has 184 valence electrons. The lowest BCUT2D eigenvalue weighted by atomic mass is 10.1. The van der Waals surface area contributed by atoms with Gasteiger partial charge in [0.25, 0.3) is 11.6 Å². The molecule has 36 heavy (non-hydrogen) atoms. The van der Waals surface area contributed by atoms with E-state index in [9.17, 15) is 14.9 Å². The van der Waals surface area contributed by atoms with Crippen LogP contribution in [0.5, 0.6) is 5.75 Å². The third-order valence-electron chi connectivity index (χ3n) is 5.79. The van der Waals surface area contributed by atoms with Crippen molar-refractivity contribution >= 4 is 23.4 Å². The molecule has 0 fully saturated rings. The summed E-state index contributed by atoms with van der Waals surface area (Å²) in [5.41, 5.74) is 4.63. The van der Waals surface area contributed by atoms with Crippen molar-refractivity contribution in [3.63, 3.8) is 0 Å². The molecule has 0 aliphatic rings. The van der Waals surface area contributed by atoms with Crippen LogP contribution in [0.1, 0.15) is 32.9 Å². The van der Waals surface area contributed by atoms with Crippen LogP contribution in [-0.4, -0.2) is 32.7 Å². The monoisotopic (exact) mass is 503 g/mol. The normalized spacial score (nSPS) is 10.8. The van der Waals surface area contributed by atoms with Crippen molar-refractivity contribution in [3.8, 4) is 11.4 Å². The van der Waals surface area contributed by atoms with Gasteiger partial charge in [-0.2, -0.15) is 0 Å². The molecule has 0 unspecified atom stereocenters. The van der Waals surface area contributed by atoms with Crippen molar-refractivity contribution in [2.45, 2.75) is 31.3 Å². The second-order valence-electron chi connectivity index (χ2n) is 8.08. The van der Waals surface area contributed by atoms with Gasteiger partial charge in [-0.05, 0) is 60.9 Å². The summed E-state index contributed by atoms with van der Waals surface area (Å²) < 4.78 is 7.10. The average molecular weight is 504 g/mol. The second-order valence-corrected chi connectivity index (χ2v) is 9.02. The summed E-state index contributed by atoms with van der Waals surface area (Å²) in [6.45, 7) is 4.26. The highest BCUT2D eigenvalue weighted by molar-refractivity contribution is 7.98. The number of nitrogens with one attached hydrogen (secondary N) is 1. The predicted molar refractivity (Wildman–Crippen MR) is 138 cm³/mol. The predicted octanol–water partition coefficient (Wildman–Crippen LogP) is 5.02. The Morgan fingerprint density at radius 2 is 1.78 bits per heavy atom. The van der Waals surface area contributed by atoms with E-state index in [0.29, 0.717) is 28.0 Å². The van der Waals surface area contributed by atoms with Crippen LogP contribution in [-0.2, 0) is 12.3 Å². The molecular weight excluding hydrogens is 478 g/mol. The van der Waals surface area contributed by atoms with Gasteiger partial charge in [-0.15, -0.1) is 10.2 Å². The van der Waals surface area contributed by atoms with E-state index in [-0.39, 0.29) is 18.1 Å². The third kappa shape index (κ3) is 5.55. The number of carbonyl (C=O) groups excluding carboxylic acids is 1. The number of hydrogen-bond acceptors (Lipinski definition) is 7. The van der Waals surface area contributed by atoms with E-state index in [4.69, 9.17) is 4.74 Å². The Bertz CT molecular complexity index is 1380. The molecule has 0 spiro atoms. The Morgan fingerprint density at radius 1 is 1.06 bits per heavy atom. The summed E-state index contributed by atoms with van der Waals surface area (Å²) in [7, 11) is 1.58. The lowest BCUT2D eigenvalue weighted by molar-refractivity contribution is -0.384. The summed E-state index contributed by atoms with van der Waals surface area (Å²) in [4.78, 5) is 23.2. The zero-order valence-corrected chi connectivity index (χ0v) is 20.9. The molecule has 9 nitrogen and oxygen atoms in total. The van der Waals surface area contributed by atoms with E-state index in [1.54, 1.807) is 43.5 Å². The summed E-state index contributed by atoms with van der Waals surface area (Å²) >= 11 is 1.47. The van der Waals surface area contributed by atoms with Crippen molar-refractivity contribution in [3.05, 3.63) is 105 Å². The van der Waals surface area contributed by atoms with Crippen molar-refractivity contribution in [2.75, 3.05) is 7.11 Å². The lowest BCUT2D eigenvalue weighted by Crippen LogP contribution is -2.24. The number of nitro groups is 1. The average Bonchev–Trinajstić information content (AvgIpc) is 3.30. The number of hydrogen-bond donors (Lipinski definition) is 1. The molecule has 1 N–H and O–H groups in total. The Labute approximate surface area is 212 Å². The standard InChI is InChI=1S/C26H25N5O4S/c1-17-5-4-6-23(18(17)2)30-24(15-27-25(32)20-9-13-22(35-3)14-10-20)28-29-26(30)36-16-19-7-11-21(12-8-19)31(33)34/h4-14H,15-16H2,1-3H3,(H,27,32). The van der Waals surface area contributed by atoms with Crippen molar-refractivity contribution in [2.24, 2.45) is 0 Å². The molecular formula is C26H25N5O4S. The largest absolute Gasteiger partial charge is 0.497 e. The first-order valence-electron chi connectivity index (χ1n) is 11.2. The molecule has 0 radical (unpaired) electrons. The number of thioether (sulfide) groups is 1. The first kappa shape index (κ1) is 24.9. The van der Waals surface area contributed by atoms with E-state index in [0.717, 1.165) is 22.4 Å². The van der Waals surface area contributed by atoms with E-state index >= 15 is 0 Å². The van der Waals surface area contributed by atoms with Gasteiger partial charge in [-0.3, -0.25) is 19.5 Å². The highest BCUT2D eigenvalue weighted by Crippen LogP contribution is 2.28. The number of non-ortho nitro benzene ring substituents is 1. The van der Waals surface area contributed by atoms with Crippen molar-refractivity contribution in [1.82, 2.24) is 20.1 Å². The molecule has 0 atom stereocenters. The highest BCUT2D eigenvalue weighted by Gasteiger charge is 2.18. The molecule has 0 bridgehead atoms. The SMILES string of the molecule is COc1ccc(C(=O)NCc2nnc(SCc3ccc([N+](=O)[O-])cc3)n2-c2cccc(C)c2C)cc1. The van der Waals surface area contributed by atoms with Crippen molar-refractivity contribution in [1.29, 1.82) is 0 Å². The smallest absolute Gasteiger partial charge is 0.269 e.